The van der Waals surface area contributed by atoms with Gasteiger partial charge in [-0.15, -0.1) is 0 Å². The van der Waals surface area contributed by atoms with Crippen LogP contribution in [0.4, 0.5) is 4.39 Å². The fourth-order valence-electron chi connectivity index (χ4n) is 2.13. The number of carbonyl (C=O) groups is 2. The molecule has 0 bridgehead atoms. The third-order valence-corrected chi connectivity index (χ3v) is 3.25. The van der Waals surface area contributed by atoms with Crippen molar-refractivity contribution >= 4 is 11.8 Å². The van der Waals surface area contributed by atoms with Crippen LogP contribution >= 0.6 is 0 Å². The number of carbonyl (C=O) groups excluding carboxylic acids is 2. The molecule has 1 aliphatic heterocycles. The summed E-state index contributed by atoms with van der Waals surface area (Å²) in [6, 6.07) is 3.39. The van der Waals surface area contributed by atoms with Crippen molar-refractivity contribution in [2.24, 2.45) is 0 Å². The maximum absolute atomic E-state index is 13.5. The number of halogens is 1. The largest absolute Gasteiger partial charge is 0.494 e. The van der Waals surface area contributed by atoms with Gasteiger partial charge in [-0.05, 0) is 37.5 Å². The molecule has 0 saturated carbocycles. The first kappa shape index (κ1) is 14.3. The zero-order chi connectivity index (χ0) is 14.5. The van der Waals surface area contributed by atoms with Crippen LogP contribution in [0, 0.1) is 5.82 Å². The van der Waals surface area contributed by atoms with E-state index in [0.29, 0.717) is 13.0 Å². The zero-order valence-electron chi connectivity index (χ0n) is 11.2. The highest BCUT2D eigenvalue weighted by Crippen LogP contribution is 2.18. The van der Waals surface area contributed by atoms with E-state index in [1.54, 1.807) is 0 Å². The molecule has 20 heavy (non-hydrogen) atoms. The minimum Gasteiger partial charge on any atom is -0.494 e. The van der Waals surface area contributed by atoms with Crippen molar-refractivity contribution in [2.45, 2.75) is 25.3 Å². The minimum atomic E-state index is -0.606. The van der Waals surface area contributed by atoms with Crippen LogP contribution in [-0.2, 0) is 4.79 Å². The lowest BCUT2D eigenvalue weighted by molar-refractivity contribution is -0.122. The highest BCUT2D eigenvalue weighted by molar-refractivity contribution is 5.97. The molecule has 1 aromatic rings. The number of methoxy groups -OCH3 is 1. The Morgan fingerprint density at radius 3 is 2.95 bits per heavy atom. The molecule has 1 atom stereocenters. The number of hydrogen-bond donors (Lipinski definition) is 2. The lowest BCUT2D eigenvalue weighted by Gasteiger charge is -2.15. The Labute approximate surface area is 116 Å². The molecule has 1 aliphatic rings. The van der Waals surface area contributed by atoms with Gasteiger partial charge in [0.15, 0.2) is 11.6 Å². The van der Waals surface area contributed by atoms with Gasteiger partial charge in [0.05, 0.1) is 7.11 Å². The van der Waals surface area contributed by atoms with Crippen molar-refractivity contribution < 1.29 is 18.7 Å². The molecule has 1 aromatic carbocycles. The highest BCUT2D eigenvalue weighted by Gasteiger charge is 2.23. The van der Waals surface area contributed by atoms with Crippen molar-refractivity contribution in [3.8, 4) is 5.75 Å². The molecule has 2 N–H and O–H groups in total. The van der Waals surface area contributed by atoms with Gasteiger partial charge >= 0.3 is 0 Å². The lowest BCUT2D eigenvalue weighted by Crippen LogP contribution is -2.45. The van der Waals surface area contributed by atoms with Gasteiger partial charge in [0, 0.05) is 12.1 Å². The number of amides is 2. The monoisotopic (exact) mass is 280 g/mol. The summed E-state index contributed by atoms with van der Waals surface area (Å²) in [7, 11) is 1.36. The SMILES string of the molecule is COc1ccc(C(=O)NC2CCCCNC2=O)cc1F. The first-order chi connectivity index (χ1) is 9.61. The Bertz CT molecular complexity index is 519. The molecule has 6 heteroatoms. The Morgan fingerprint density at radius 1 is 1.45 bits per heavy atom. The second-order valence-electron chi connectivity index (χ2n) is 4.66. The molecular weight excluding hydrogens is 263 g/mol. The first-order valence-corrected chi connectivity index (χ1v) is 6.54. The van der Waals surface area contributed by atoms with Gasteiger partial charge in [-0.3, -0.25) is 9.59 Å². The molecule has 2 amide bonds. The quantitative estimate of drug-likeness (QED) is 0.875. The van der Waals surface area contributed by atoms with E-state index in [9.17, 15) is 14.0 Å². The maximum Gasteiger partial charge on any atom is 0.252 e. The van der Waals surface area contributed by atoms with E-state index < -0.39 is 17.8 Å². The maximum atomic E-state index is 13.5. The van der Waals surface area contributed by atoms with Crippen LogP contribution in [-0.4, -0.2) is 31.5 Å². The summed E-state index contributed by atoms with van der Waals surface area (Å²) in [4.78, 5) is 23.8. The molecule has 0 radical (unpaired) electrons. The summed E-state index contributed by atoms with van der Waals surface area (Å²) in [5, 5.41) is 5.36. The van der Waals surface area contributed by atoms with E-state index in [2.05, 4.69) is 10.6 Å². The Balaban J connectivity index is 2.07. The average molecular weight is 280 g/mol. The first-order valence-electron chi connectivity index (χ1n) is 6.54. The molecule has 108 valence electrons. The van der Waals surface area contributed by atoms with E-state index in [1.807, 2.05) is 0 Å². The molecule has 0 aromatic heterocycles. The number of nitrogens with one attached hydrogen (secondary N) is 2. The summed E-state index contributed by atoms with van der Waals surface area (Å²) in [5.74, 6) is -1.18. The highest BCUT2D eigenvalue weighted by atomic mass is 19.1. The predicted molar refractivity (Wildman–Crippen MR) is 71.1 cm³/mol. The zero-order valence-corrected chi connectivity index (χ0v) is 11.2. The molecule has 1 saturated heterocycles. The van der Waals surface area contributed by atoms with Gasteiger partial charge in [-0.25, -0.2) is 4.39 Å². The van der Waals surface area contributed by atoms with E-state index in [1.165, 1.54) is 19.2 Å². The van der Waals surface area contributed by atoms with Gasteiger partial charge in [0.2, 0.25) is 5.91 Å². The summed E-state index contributed by atoms with van der Waals surface area (Å²) < 4.78 is 18.3. The molecule has 2 rings (SSSR count). The smallest absolute Gasteiger partial charge is 0.252 e. The van der Waals surface area contributed by atoms with Crippen LogP contribution < -0.4 is 15.4 Å². The molecule has 5 nitrogen and oxygen atoms in total. The van der Waals surface area contributed by atoms with Crippen LogP contribution in [0.25, 0.3) is 0 Å². The van der Waals surface area contributed by atoms with Crippen LogP contribution in [0.2, 0.25) is 0 Å². The molecule has 0 aliphatic carbocycles. The fourth-order valence-corrected chi connectivity index (χ4v) is 2.13. The number of ether oxygens (including phenoxy) is 1. The summed E-state index contributed by atoms with van der Waals surface area (Å²) in [6.45, 7) is 0.627. The van der Waals surface area contributed by atoms with Crippen LogP contribution in [0.5, 0.6) is 5.75 Å². The number of benzene rings is 1. The average Bonchev–Trinajstić information content (AvgIpc) is 2.64. The second kappa shape index (κ2) is 6.36. The standard InChI is InChI=1S/C14H17FN2O3/c1-20-12-6-5-9(8-10(12)15)13(18)17-11-4-2-3-7-16-14(11)19/h5-6,8,11H,2-4,7H2,1H3,(H,16,19)(H,17,18). The predicted octanol–water partition coefficient (Wildman–Crippen LogP) is 1.23. The topological polar surface area (TPSA) is 67.4 Å². The molecule has 0 spiro atoms. The van der Waals surface area contributed by atoms with E-state index in [4.69, 9.17) is 4.74 Å². The van der Waals surface area contributed by atoms with E-state index in [0.717, 1.165) is 18.9 Å². The van der Waals surface area contributed by atoms with Crippen molar-refractivity contribution in [1.29, 1.82) is 0 Å². The molecule has 1 unspecified atom stereocenters. The van der Waals surface area contributed by atoms with Crippen LogP contribution in [0.1, 0.15) is 29.6 Å². The van der Waals surface area contributed by atoms with Gasteiger partial charge in [-0.1, -0.05) is 0 Å². The van der Waals surface area contributed by atoms with E-state index in [-0.39, 0.29) is 17.2 Å². The van der Waals surface area contributed by atoms with Gasteiger partial charge in [-0.2, -0.15) is 0 Å². The second-order valence-corrected chi connectivity index (χ2v) is 4.66. The molecule has 1 fully saturated rings. The fraction of sp³-hybridized carbons (Fsp3) is 0.429. The van der Waals surface area contributed by atoms with E-state index >= 15 is 0 Å². The van der Waals surface area contributed by atoms with Crippen molar-refractivity contribution in [3.05, 3.63) is 29.6 Å². The van der Waals surface area contributed by atoms with Crippen LogP contribution in [0.3, 0.4) is 0 Å². The third-order valence-electron chi connectivity index (χ3n) is 3.25. The number of hydrogen-bond acceptors (Lipinski definition) is 3. The van der Waals surface area contributed by atoms with Crippen molar-refractivity contribution in [3.63, 3.8) is 0 Å². The van der Waals surface area contributed by atoms with Gasteiger partial charge < -0.3 is 15.4 Å². The molecular formula is C14H17FN2O3. The normalized spacial score (nSPS) is 18.9. The van der Waals surface area contributed by atoms with Crippen molar-refractivity contribution in [2.75, 3.05) is 13.7 Å². The van der Waals surface area contributed by atoms with Crippen LogP contribution in [0.15, 0.2) is 18.2 Å². The van der Waals surface area contributed by atoms with Gasteiger partial charge in [0.1, 0.15) is 6.04 Å². The minimum absolute atomic E-state index is 0.0776. The number of rotatable bonds is 3. The van der Waals surface area contributed by atoms with Crippen molar-refractivity contribution in [1.82, 2.24) is 10.6 Å². The third kappa shape index (κ3) is 3.26. The summed E-state index contributed by atoms with van der Waals surface area (Å²) in [6.07, 6.45) is 2.35. The Kier molecular flexibility index (Phi) is 4.55. The molecule has 1 heterocycles. The Morgan fingerprint density at radius 2 is 2.25 bits per heavy atom. The Hall–Kier alpha value is -2.11. The summed E-state index contributed by atoms with van der Waals surface area (Å²) >= 11 is 0. The van der Waals surface area contributed by atoms with Gasteiger partial charge in [0.25, 0.3) is 5.91 Å². The summed E-state index contributed by atoms with van der Waals surface area (Å²) in [5.41, 5.74) is 0.167. The lowest BCUT2D eigenvalue weighted by atomic mass is 10.1.